The highest BCUT2D eigenvalue weighted by Crippen LogP contribution is 2.37. The lowest BCUT2D eigenvalue weighted by atomic mass is 10.1. The van der Waals surface area contributed by atoms with Crippen molar-refractivity contribution in [1.82, 2.24) is 10.3 Å². The summed E-state index contributed by atoms with van der Waals surface area (Å²) in [4.78, 5) is 41.9. The van der Waals surface area contributed by atoms with Crippen molar-refractivity contribution in [3.05, 3.63) is 52.3 Å². The summed E-state index contributed by atoms with van der Waals surface area (Å²) >= 11 is 3.36. The molecule has 0 unspecified atom stereocenters. The molecule has 1 aromatic carbocycles. The number of nitrogens with one attached hydrogen (secondary N) is 1. The van der Waals surface area contributed by atoms with E-state index in [0.29, 0.717) is 21.5 Å². The molecule has 1 saturated heterocycles. The van der Waals surface area contributed by atoms with E-state index in [0.717, 1.165) is 4.90 Å². The third-order valence-corrected chi connectivity index (χ3v) is 4.36. The van der Waals surface area contributed by atoms with Gasteiger partial charge in [-0.2, -0.15) is 0 Å². The highest BCUT2D eigenvalue weighted by molar-refractivity contribution is 9.10. The molecule has 0 saturated carbocycles. The van der Waals surface area contributed by atoms with Gasteiger partial charge in [-0.25, -0.2) is 9.69 Å². The fourth-order valence-electron chi connectivity index (χ4n) is 2.57. The number of pyridine rings is 1. The number of imide groups is 2. The molecule has 138 valence electrons. The van der Waals surface area contributed by atoms with Crippen LogP contribution in [0.3, 0.4) is 0 Å². The summed E-state index contributed by atoms with van der Waals surface area (Å²) in [6.45, 7) is 0. The van der Waals surface area contributed by atoms with E-state index in [1.807, 2.05) is 0 Å². The van der Waals surface area contributed by atoms with Crippen molar-refractivity contribution in [3.63, 3.8) is 0 Å². The van der Waals surface area contributed by atoms with Crippen LogP contribution in [0, 0.1) is 0 Å². The number of hydrogen-bond donors (Lipinski definition) is 1. The molecule has 2 heterocycles. The van der Waals surface area contributed by atoms with Crippen molar-refractivity contribution in [1.29, 1.82) is 0 Å². The summed E-state index contributed by atoms with van der Waals surface area (Å²) < 4.78 is 11.1. The first-order valence-corrected chi connectivity index (χ1v) is 8.48. The molecule has 0 spiro atoms. The minimum atomic E-state index is -0.830. The second-order valence-electron chi connectivity index (χ2n) is 5.41. The monoisotopic (exact) mass is 431 g/mol. The second-order valence-corrected chi connectivity index (χ2v) is 6.26. The first-order chi connectivity index (χ1) is 13.0. The van der Waals surface area contributed by atoms with Gasteiger partial charge < -0.3 is 9.47 Å². The van der Waals surface area contributed by atoms with Gasteiger partial charge in [-0.05, 0) is 51.8 Å². The van der Waals surface area contributed by atoms with Crippen molar-refractivity contribution in [2.75, 3.05) is 19.1 Å². The van der Waals surface area contributed by atoms with Crippen LogP contribution in [0.15, 0.2) is 46.7 Å². The van der Waals surface area contributed by atoms with Gasteiger partial charge in [-0.15, -0.1) is 0 Å². The Kier molecular flexibility index (Phi) is 5.22. The molecule has 27 heavy (non-hydrogen) atoms. The lowest BCUT2D eigenvalue weighted by Gasteiger charge is -2.26. The molecule has 1 fully saturated rings. The fraction of sp³-hybridized carbons (Fsp3) is 0.111. The largest absolute Gasteiger partial charge is 0.493 e. The third-order valence-electron chi connectivity index (χ3n) is 3.77. The van der Waals surface area contributed by atoms with Gasteiger partial charge in [-0.1, -0.05) is 0 Å². The van der Waals surface area contributed by atoms with Gasteiger partial charge in [0.1, 0.15) is 5.57 Å². The highest BCUT2D eigenvalue weighted by Gasteiger charge is 2.36. The van der Waals surface area contributed by atoms with Crippen LogP contribution in [0.2, 0.25) is 0 Å². The lowest BCUT2D eigenvalue weighted by Crippen LogP contribution is -2.54. The number of benzene rings is 1. The summed E-state index contributed by atoms with van der Waals surface area (Å²) in [6.07, 6.45) is 4.25. The Morgan fingerprint density at radius 1 is 1.19 bits per heavy atom. The van der Waals surface area contributed by atoms with Crippen LogP contribution in [-0.2, 0) is 9.59 Å². The van der Waals surface area contributed by atoms with Gasteiger partial charge in [0, 0.05) is 6.20 Å². The zero-order valence-corrected chi connectivity index (χ0v) is 15.9. The molecule has 0 atom stereocenters. The fourth-order valence-corrected chi connectivity index (χ4v) is 3.19. The van der Waals surface area contributed by atoms with E-state index in [1.54, 1.807) is 24.3 Å². The number of hydrogen-bond acceptors (Lipinski definition) is 6. The number of rotatable bonds is 4. The highest BCUT2D eigenvalue weighted by atomic mass is 79.9. The number of ether oxygens (including phenoxy) is 2. The van der Waals surface area contributed by atoms with E-state index < -0.39 is 17.8 Å². The molecule has 1 N–H and O–H groups in total. The Morgan fingerprint density at radius 2 is 1.96 bits per heavy atom. The van der Waals surface area contributed by atoms with Crippen LogP contribution in [-0.4, -0.2) is 37.0 Å². The number of carbonyl (C=O) groups is 3. The molecule has 1 aromatic heterocycles. The van der Waals surface area contributed by atoms with Crippen LogP contribution in [0.25, 0.3) is 6.08 Å². The van der Waals surface area contributed by atoms with Crippen molar-refractivity contribution in [2.24, 2.45) is 0 Å². The number of amides is 4. The van der Waals surface area contributed by atoms with Crippen molar-refractivity contribution >= 4 is 45.5 Å². The number of anilines is 1. The normalized spacial score (nSPS) is 15.7. The summed E-state index contributed by atoms with van der Waals surface area (Å²) in [5.74, 6) is -0.632. The number of barbiturate groups is 1. The molecule has 2 aromatic rings. The molecule has 1 aliphatic heterocycles. The first-order valence-electron chi connectivity index (χ1n) is 7.69. The molecule has 0 radical (unpaired) electrons. The minimum Gasteiger partial charge on any atom is -0.493 e. The SMILES string of the molecule is COc1cc(/C=C2/C(=O)NC(=O)N(c3cccnc3)C2=O)cc(Br)c1OC. The van der Waals surface area contributed by atoms with E-state index in [9.17, 15) is 14.4 Å². The van der Waals surface area contributed by atoms with E-state index in [4.69, 9.17) is 9.47 Å². The quantitative estimate of drug-likeness (QED) is 0.589. The molecule has 0 bridgehead atoms. The van der Waals surface area contributed by atoms with Gasteiger partial charge in [-0.3, -0.25) is 19.9 Å². The van der Waals surface area contributed by atoms with Crippen molar-refractivity contribution in [3.8, 4) is 11.5 Å². The van der Waals surface area contributed by atoms with Crippen LogP contribution in [0.5, 0.6) is 11.5 Å². The number of aromatic nitrogens is 1. The smallest absolute Gasteiger partial charge is 0.336 e. The standard InChI is InChI=1S/C18H14BrN3O5/c1-26-14-8-10(7-13(19)15(14)27-2)6-12-16(23)21-18(25)22(17(12)24)11-4-3-5-20-9-11/h3-9H,1-2H3,(H,21,23,25)/b12-6-. The van der Waals surface area contributed by atoms with E-state index >= 15 is 0 Å². The number of urea groups is 1. The summed E-state index contributed by atoms with van der Waals surface area (Å²) in [7, 11) is 2.97. The summed E-state index contributed by atoms with van der Waals surface area (Å²) in [5.41, 5.74) is 0.572. The maximum absolute atomic E-state index is 12.8. The van der Waals surface area contributed by atoms with Gasteiger partial charge >= 0.3 is 6.03 Å². The minimum absolute atomic E-state index is 0.197. The van der Waals surface area contributed by atoms with Crippen LogP contribution in [0.1, 0.15) is 5.56 Å². The van der Waals surface area contributed by atoms with Gasteiger partial charge in [0.2, 0.25) is 0 Å². The Hall–Kier alpha value is -3.20. The predicted molar refractivity (Wildman–Crippen MR) is 100 cm³/mol. The Balaban J connectivity index is 2.05. The van der Waals surface area contributed by atoms with Gasteiger partial charge in [0.15, 0.2) is 11.5 Å². The first kappa shape index (κ1) is 18.6. The Bertz CT molecular complexity index is 959. The molecule has 8 nitrogen and oxygen atoms in total. The van der Waals surface area contributed by atoms with Crippen molar-refractivity contribution < 1.29 is 23.9 Å². The average Bonchev–Trinajstić information content (AvgIpc) is 2.65. The van der Waals surface area contributed by atoms with Crippen LogP contribution >= 0.6 is 15.9 Å². The zero-order valence-electron chi connectivity index (χ0n) is 14.4. The number of halogens is 1. The van der Waals surface area contributed by atoms with Gasteiger partial charge in [0.25, 0.3) is 11.8 Å². The molecular formula is C18H14BrN3O5. The molecule has 3 rings (SSSR count). The Labute approximate surface area is 162 Å². The lowest BCUT2D eigenvalue weighted by molar-refractivity contribution is -0.122. The molecule has 1 aliphatic rings. The molecule has 0 aliphatic carbocycles. The predicted octanol–water partition coefficient (Wildman–Crippen LogP) is 2.53. The maximum atomic E-state index is 12.8. The van der Waals surface area contributed by atoms with E-state index in [2.05, 4.69) is 26.2 Å². The van der Waals surface area contributed by atoms with E-state index in [1.165, 1.54) is 32.7 Å². The zero-order chi connectivity index (χ0) is 19.6. The van der Waals surface area contributed by atoms with Crippen molar-refractivity contribution in [2.45, 2.75) is 0 Å². The Morgan fingerprint density at radius 3 is 2.59 bits per heavy atom. The third kappa shape index (κ3) is 3.54. The maximum Gasteiger partial charge on any atom is 0.336 e. The average molecular weight is 432 g/mol. The number of methoxy groups -OCH3 is 2. The van der Waals surface area contributed by atoms with E-state index in [-0.39, 0.29) is 11.3 Å². The summed E-state index contributed by atoms with van der Waals surface area (Å²) in [6, 6.07) is 5.58. The number of nitrogens with zero attached hydrogens (tertiary/aromatic N) is 2. The molecule has 4 amide bonds. The molecule has 9 heteroatoms. The summed E-state index contributed by atoms with van der Waals surface area (Å²) in [5, 5.41) is 2.16. The van der Waals surface area contributed by atoms with Crippen LogP contribution in [0.4, 0.5) is 10.5 Å². The second kappa shape index (κ2) is 7.58. The number of carbonyl (C=O) groups excluding carboxylic acids is 3. The van der Waals surface area contributed by atoms with Crippen LogP contribution < -0.4 is 19.7 Å². The topological polar surface area (TPSA) is 97.8 Å². The van der Waals surface area contributed by atoms with Gasteiger partial charge in [0.05, 0.1) is 30.6 Å². The molecular weight excluding hydrogens is 418 g/mol.